The summed E-state index contributed by atoms with van der Waals surface area (Å²) in [6.07, 6.45) is 5.58. The summed E-state index contributed by atoms with van der Waals surface area (Å²) in [5, 5.41) is 20.5. The van der Waals surface area contributed by atoms with Crippen molar-refractivity contribution >= 4 is 46.4 Å². The predicted molar refractivity (Wildman–Crippen MR) is 158 cm³/mol. The highest BCUT2D eigenvalue weighted by molar-refractivity contribution is 7.13. The molecule has 216 valence electrons. The van der Waals surface area contributed by atoms with Crippen LogP contribution in [0.1, 0.15) is 71.1 Å². The highest BCUT2D eigenvalue weighted by Crippen LogP contribution is 2.41. The van der Waals surface area contributed by atoms with Crippen LogP contribution in [0, 0.1) is 18.8 Å². The molecular formula is C30H41Cl2NO5S. The fraction of sp³-hybridized carbons (Fsp3) is 0.600. The lowest BCUT2D eigenvalue weighted by Crippen LogP contribution is -2.34. The lowest BCUT2D eigenvalue weighted by atomic mass is 9.85. The Hall–Kier alpha value is -1.64. The van der Waals surface area contributed by atoms with E-state index in [1.165, 1.54) is 16.9 Å². The summed E-state index contributed by atoms with van der Waals surface area (Å²) in [7, 11) is 0. The lowest BCUT2D eigenvalue weighted by molar-refractivity contribution is -0.132. The molecule has 39 heavy (non-hydrogen) atoms. The summed E-state index contributed by atoms with van der Waals surface area (Å²) in [6, 6.07) is 9.83. The Morgan fingerprint density at radius 1 is 1.13 bits per heavy atom. The number of aryl methyl sites for hydroxylation is 3. The highest BCUT2D eigenvalue weighted by Gasteiger charge is 2.40. The number of halogens is 2. The first-order valence-corrected chi connectivity index (χ1v) is 15.6. The van der Waals surface area contributed by atoms with Gasteiger partial charge in [-0.3, -0.25) is 4.79 Å². The molecule has 1 saturated carbocycles. The van der Waals surface area contributed by atoms with Gasteiger partial charge in [-0.25, -0.2) is 4.79 Å². The number of benzene rings is 1. The first-order chi connectivity index (χ1) is 18.7. The number of hydrogen-bond acceptors (Lipinski definition) is 6. The molecule has 1 aliphatic carbocycles. The molecule has 9 heteroatoms. The molecule has 1 aliphatic rings. The summed E-state index contributed by atoms with van der Waals surface area (Å²) < 4.78 is 5.33. The largest absolute Gasteiger partial charge is 0.461 e. The van der Waals surface area contributed by atoms with E-state index < -0.39 is 5.97 Å². The fourth-order valence-electron chi connectivity index (χ4n) is 5.57. The number of esters is 1. The first kappa shape index (κ1) is 31.9. The maximum atomic E-state index is 12.5. The van der Waals surface area contributed by atoms with Crippen molar-refractivity contribution in [3.05, 3.63) is 56.2 Å². The zero-order valence-corrected chi connectivity index (χ0v) is 25.2. The summed E-state index contributed by atoms with van der Waals surface area (Å²) >= 11 is 14.3. The molecule has 1 heterocycles. The van der Waals surface area contributed by atoms with Gasteiger partial charge in [-0.05, 0) is 99.1 Å². The van der Waals surface area contributed by atoms with Gasteiger partial charge in [0.1, 0.15) is 11.5 Å². The zero-order chi connectivity index (χ0) is 28.4. The number of carbonyl (C=O) groups excluding carboxylic acids is 2. The fourth-order valence-corrected chi connectivity index (χ4v) is 7.32. The number of ether oxygens (including phenoxy) is 1. The quantitative estimate of drug-likeness (QED) is 0.193. The van der Waals surface area contributed by atoms with Gasteiger partial charge in [0.25, 0.3) is 0 Å². The van der Waals surface area contributed by atoms with Gasteiger partial charge in [0.15, 0.2) is 0 Å². The smallest absolute Gasteiger partial charge is 0.348 e. The van der Waals surface area contributed by atoms with Crippen LogP contribution in [-0.2, 0) is 22.4 Å². The van der Waals surface area contributed by atoms with Crippen LogP contribution in [-0.4, -0.2) is 64.8 Å². The van der Waals surface area contributed by atoms with Gasteiger partial charge in [0.05, 0.1) is 19.1 Å². The standard InChI is InChI=1S/C30H41Cl2NO5S/c1-3-12-33(13-14-34)29(36)11-15-38-30(37)28-10-8-23(39-28)5-4-6-24-25(27(35)19-26(24)32)9-7-21-16-20(2)17-22(31)18-21/h8,10,16-18,24-27,34-35H,3-7,9,11-15,19H2,1-2H3/t24-,25-,26-,27-/m1/s1. The van der Waals surface area contributed by atoms with Crippen LogP contribution in [0.25, 0.3) is 0 Å². The van der Waals surface area contributed by atoms with Gasteiger partial charge >= 0.3 is 5.97 Å². The van der Waals surface area contributed by atoms with E-state index in [0.717, 1.165) is 54.0 Å². The van der Waals surface area contributed by atoms with Gasteiger partial charge in [0.2, 0.25) is 5.91 Å². The second kappa shape index (κ2) is 16.0. The minimum Gasteiger partial charge on any atom is -0.461 e. The monoisotopic (exact) mass is 597 g/mol. The summed E-state index contributed by atoms with van der Waals surface area (Å²) in [6.45, 7) is 4.82. The number of nitrogens with zero attached hydrogens (tertiary/aromatic N) is 1. The third kappa shape index (κ3) is 9.75. The SMILES string of the molecule is CCCN(CCO)C(=O)CCOC(=O)c1ccc(CCC[C@@H]2[C@@H](CCc3cc(C)cc(Cl)c3)[C@H](O)C[C@H]2Cl)s1. The minimum absolute atomic E-state index is 0.0216. The topological polar surface area (TPSA) is 87.1 Å². The molecular weight excluding hydrogens is 557 g/mol. The Morgan fingerprint density at radius 2 is 1.92 bits per heavy atom. The molecule has 1 fully saturated rings. The summed E-state index contributed by atoms with van der Waals surface area (Å²) in [5.74, 6) is -0.128. The van der Waals surface area contributed by atoms with Crippen molar-refractivity contribution in [2.45, 2.75) is 76.7 Å². The molecule has 0 radical (unpaired) electrons. The molecule has 3 rings (SSSR count). The molecule has 0 unspecified atom stereocenters. The van der Waals surface area contributed by atoms with Crippen LogP contribution in [0.3, 0.4) is 0 Å². The Balaban J connectivity index is 1.44. The zero-order valence-electron chi connectivity index (χ0n) is 22.9. The molecule has 1 amide bonds. The average Bonchev–Trinajstić information content (AvgIpc) is 3.46. The number of amides is 1. The number of aliphatic hydroxyl groups is 2. The third-order valence-corrected chi connectivity index (χ3v) is 9.28. The first-order valence-electron chi connectivity index (χ1n) is 13.9. The molecule has 0 bridgehead atoms. The van der Waals surface area contributed by atoms with E-state index in [4.69, 9.17) is 33.0 Å². The van der Waals surface area contributed by atoms with Gasteiger partial charge in [-0.1, -0.05) is 24.6 Å². The normalized spacial score (nSPS) is 20.8. The maximum absolute atomic E-state index is 12.5. The average molecular weight is 599 g/mol. The molecule has 6 nitrogen and oxygen atoms in total. The van der Waals surface area contributed by atoms with E-state index in [1.807, 2.05) is 32.0 Å². The number of rotatable bonds is 15. The van der Waals surface area contributed by atoms with Crippen molar-refractivity contribution in [2.24, 2.45) is 11.8 Å². The number of thiophene rings is 1. The number of carbonyl (C=O) groups is 2. The van der Waals surface area contributed by atoms with E-state index in [9.17, 15) is 14.7 Å². The molecule has 0 aliphatic heterocycles. The molecule has 0 saturated heterocycles. The van der Waals surface area contributed by atoms with Crippen molar-refractivity contribution in [3.63, 3.8) is 0 Å². The molecule has 2 aromatic rings. The van der Waals surface area contributed by atoms with E-state index in [-0.39, 0.29) is 48.9 Å². The van der Waals surface area contributed by atoms with Crippen LogP contribution in [0.4, 0.5) is 0 Å². The number of hydrogen-bond donors (Lipinski definition) is 2. The highest BCUT2D eigenvalue weighted by atomic mass is 35.5. The van der Waals surface area contributed by atoms with Crippen molar-refractivity contribution < 1.29 is 24.5 Å². The van der Waals surface area contributed by atoms with Crippen LogP contribution in [0.15, 0.2) is 30.3 Å². The third-order valence-electron chi connectivity index (χ3n) is 7.43. The Kier molecular flexibility index (Phi) is 13.1. The predicted octanol–water partition coefficient (Wildman–Crippen LogP) is 6.05. The molecule has 2 N–H and O–H groups in total. The second-order valence-electron chi connectivity index (χ2n) is 10.5. The van der Waals surface area contributed by atoms with Crippen molar-refractivity contribution in [1.29, 1.82) is 0 Å². The van der Waals surface area contributed by atoms with Gasteiger partial charge < -0.3 is 19.8 Å². The molecule has 1 aromatic heterocycles. The number of alkyl halides is 1. The molecule has 1 aromatic carbocycles. The van der Waals surface area contributed by atoms with Crippen LogP contribution >= 0.6 is 34.5 Å². The van der Waals surface area contributed by atoms with E-state index in [2.05, 4.69) is 6.07 Å². The van der Waals surface area contributed by atoms with Crippen molar-refractivity contribution in [2.75, 3.05) is 26.3 Å². The van der Waals surface area contributed by atoms with E-state index in [1.54, 1.807) is 11.0 Å². The van der Waals surface area contributed by atoms with Crippen molar-refractivity contribution in [1.82, 2.24) is 4.90 Å². The van der Waals surface area contributed by atoms with Crippen LogP contribution < -0.4 is 0 Å². The van der Waals surface area contributed by atoms with Gasteiger partial charge in [0, 0.05) is 28.4 Å². The Labute approximate surface area is 246 Å². The second-order valence-corrected chi connectivity index (χ2v) is 12.6. The minimum atomic E-state index is -0.417. The summed E-state index contributed by atoms with van der Waals surface area (Å²) in [5.41, 5.74) is 2.33. The van der Waals surface area contributed by atoms with Gasteiger partial charge in [-0.15, -0.1) is 22.9 Å². The van der Waals surface area contributed by atoms with Crippen molar-refractivity contribution in [3.8, 4) is 0 Å². The van der Waals surface area contributed by atoms with E-state index >= 15 is 0 Å². The molecule has 4 atom stereocenters. The van der Waals surface area contributed by atoms with Gasteiger partial charge in [-0.2, -0.15) is 0 Å². The molecule has 0 spiro atoms. The van der Waals surface area contributed by atoms with E-state index in [0.29, 0.717) is 24.4 Å². The summed E-state index contributed by atoms with van der Waals surface area (Å²) in [4.78, 5) is 28.0. The lowest BCUT2D eigenvalue weighted by Gasteiger charge is -2.23. The maximum Gasteiger partial charge on any atom is 0.348 e. The Bertz CT molecular complexity index is 1050. The van der Waals surface area contributed by atoms with Crippen LogP contribution in [0.2, 0.25) is 5.02 Å². The Morgan fingerprint density at radius 3 is 2.64 bits per heavy atom. The van der Waals surface area contributed by atoms with Crippen LogP contribution in [0.5, 0.6) is 0 Å². The number of aliphatic hydroxyl groups excluding tert-OH is 2.